The molecular weight excluding hydrogens is 294 g/mol. The van der Waals surface area contributed by atoms with Gasteiger partial charge in [0.1, 0.15) is 0 Å². The number of hydrogen-bond donors (Lipinski definition) is 0. The van der Waals surface area contributed by atoms with Gasteiger partial charge < -0.3 is 9.80 Å². The third-order valence-corrected chi connectivity index (χ3v) is 6.31. The molecule has 4 heterocycles. The number of rotatable bonds is 5. The average molecular weight is 319 g/mol. The van der Waals surface area contributed by atoms with Crippen LogP contribution in [0.3, 0.4) is 0 Å². The van der Waals surface area contributed by atoms with Gasteiger partial charge in [-0.1, -0.05) is 6.07 Å². The van der Waals surface area contributed by atoms with Gasteiger partial charge in [0.15, 0.2) is 0 Å². The zero-order valence-corrected chi connectivity index (χ0v) is 13.9. The molecule has 5 heteroatoms. The van der Waals surface area contributed by atoms with Crippen LogP contribution in [0, 0.1) is 11.8 Å². The van der Waals surface area contributed by atoms with E-state index in [0.29, 0.717) is 11.8 Å². The number of likely N-dealkylation sites (tertiary alicyclic amines) is 3. The minimum atomic E-state index is 0.263. The van der Waals surface area contributed by atoms with E-state index in [0.717, 1.165) is 39.3 Å². The normalized spacial score (nSPS) is 29.6. The van der Waals surface area contributed by atoms with Gasteiger partial charge in [0.05, 0.1) is 5.92 Å². The summed E-state index contributed by atoms with van der Waals surface area (Å²) in [5.74, 6) is 1.24. The van der Waals surface area contributed by atoms with Gasteiger partial charge >= 0.3 is 0 Å². The van der Waals surface area contributed by atoms with Crippen molar-refractivity contribution in [2.24, 2.45) is 11.8 Å². The molecule has 0 bridgehead atoms. The highest BCUT2D eigenvalue weighted by molar-refractivity contribution is 7.09. The zero-order valence-electron chi connectivity index (χ0n) is 13.1. The molecule has 0 spiro atoms. The summed E-state index contributed by atoms with van der Waals surface area (Å²) in [6.07, 6.45) is 2.66. The Bertz CT molecular complexity index is 512. The van der Waals surface area contributed by atoms with E-state index < -0.39 is 0 Å². The smallest absolute Gasteiger partial charge is 0.227 e. The van der Waals surface area contributed by atoms with Gasteiger partial charge in [0.25, 0.3) is 0 Å². The molecule has 1 aromatic heterocycles. The highest BCUT2D eigenvalue weighted by atomic mass is 32.1. The second-order valence-corrected chi connectivity index (χ2v) is 8.01. The zero-order chi connectivity index (χ0) is 14.9. The maximum atomic E-state index is 12.6. The van der Waals surface area contributed by atoms with Crippen molar-refractivity contribution in [2.45, 2.75) is 19.4 Å². The molecule has 0 radical (unpaired) electrons. The largest absolute Gasteiger partial charge is 0.341 e. The molecule has 3 aliphatic heterocycles. The Hall–Kier alpha value is -0.910. The molecule has 3 aliphatic rings. The van der Waals surface area contributed by atoms with Crippen molar-refractivity contribution in [3.8, 4) is 0 Å². The molecule has 120 valence electrons. The first kappa shape index (κ1) is 14.7. The summed E-state index contributed by atoms with van der Waals surface area (Å²) in [5, 5.41) is 2.14. The lowest BCUT2D eigenvalue weighted by molar-refractivity contribution is -0.131. The number of amides is 1. The second kappa shape index (κ2) is 6.30. The van der Waals surface area contributed by atoms with Crippen LogP contribution >= 0.6 is 11.3 Å². The van der Waals surface area contributed by atoms with Crippen molar-refractivity contribution in [3.05, 3.63) is 22.4 Å². The molecule has 22 heavy (non-hydrogen) atoms. The molecule has 0 unspecified atom stereocenters. The van der Waals surface area contributed by atoms with Crippen molar-refractivity contribution in [1.29, 1.82) is 0 Å². The third kappa shape index (κ3) is 2.94. The van der Waals surface area contributed by atoms with Gasteiger partial charge in [0, 0.05) is 50.1 Å². The summed E-state index contributed by atoms with van der Waals surface area (Å²) in [7, 11) is 0. The lowest BCUT2D eigenvalue weighted by atomic mass is 10.0. The summed E-state index contributed by atoms with van der Waals surface area (Å²) in [6.45, 7) is 8.52. The summed E-state index contributed by atoms with van der Waals surface area (Å²) in [6, 6.07) is 4.31. The average Bonchev–Trinajstić information content (AvgIpc) is 3.26. The maximum Gasteiger partial charge on any atom is 0.227 e. The van der Waals surface area contributed by atoms with Crippen molar-refractivity contribution >= 4 is 17.2 Å². The molecule has 4 rings (SSSR count). The monoisotopic (exact) mass is 319 g/mol. The van der Waals surface area contributed by atoms with Crippen LogP contribution in [0.25, 0.3) is 0 Å². The van der Waals surface area contributed by atoms with Crippen molar-refractivity contribution in [3.63, 3.8) is 0 Å². The summed E-state index contributed by atoms with van der Waals surface area (Å²) >= 11 is 1.82. The standard InChI is InChI=1S/C17H25N3OS/c21-17-16-13-19(12-15-4-3-9-22-15)10-14(16)11-20(17)8-7-18-5-1-2-6-18/h3-4,9,14,16H,1-2,5-8,10-13H2/t14-,16-/m0/s1. The quantitative estimate of drug-likeness (QED) is 0.827. The first-order chi connectivity index (χ1) is 10.8. The molecule has 3 fully saturated rings. The lowest BCUT2D eigenvalue weighted by Gasteiger charge is -2.23. The van der Waals surface area contributed by atoms with Crippen LogP contribution in [0.2, 0.25) is 0 Å². The Morgan fingerprint density at radius 3 is 2.68 bits per heavy atom. The van der Waals surface area contributed by atoms with E-state index >= 15 is 0 Å². The van der Waals surface area contributed by atoms with E-state index in [9.17, 15) is 4.79 Å². The Morgan fingerprint density at radius 2 is 1.95 bits per heavy atom. The second-order valence-electron chi connectivity index (χ2n) is 6.97. The molecule has 1 aromatic rings. The number of thiophene rings is 1. The van der Waals surface area contributed by atoms with Crippen LogP contribution in [0.4, 0.5) is 0 Å². The van der Waals surface area contributed by atoms with Gasteiger partial charge in [-0.3, -0.25) is 9.69 Å². The van der Waals surface area contributed by atoms with Gasteiger partial charge in [-0.2, -0.15) is 0 Å². The van der Waals surface area contributed by atoms with E-state index in [1.54, 1.807) is 0 Å². The van der Waals surface area contributed by atoms with Crippen molar-refractivity contribution in [2.75, 3.05) is 45.8 Å². The Labute approximate surface area is 136 Å². The number of carbonyl (C=O) groups excluding carboxylic acids is 1. The molecular formula is C17H25N3OS. The highest BCUT2D eigenvalue weighted by Gasteiger charge is 2.45. The van der Waals surface area contributed by atoms with Gasteiger partial charge in [-0.05, 0) is 37.4 Å². The van der Waals surface area contributed by atoms with Crippen LogP contribution in [0.1, 0.15) is 17.7 Å². The molecule has 2 atom stereocenters. The fourth-order valence-corrected chi connectivity index (χ4v) is 5.00. The van der Waals surface area contributed by atoms with Gasteiger partial charge in [-0.15, -0.1) is 11.3 Å². The topological polar surface area (TPSA) is 26.8 Å². The third-order valence-electron chi connectivity index (χ3n) is 5.44. The van der Waals surface area contributed by atoms with Crippen LogP contribution < -0.4 is 0 Å². The van der Waals surface area contributed by atoms with E-state index in [1.165, 1.54) is 30.8 Å². The molecule has 3 saturated heterocycles. The van der Waals surface area contributed by atoms with Crippen molar-refractivity contribution in [1.82, 2.24) is 14.7 Å². The van der Waals surface area contributed by atoms with E-state index in [2.05, 4.69) is 32.2 Å². The van der Waals surface area contributed by atoms with Crippen molar-refractivity contribution < 1.29 is 4.79 Å². The lowest BCUT2D eigenvalue weighted by Crippen LogP contribution is -2.37. The summed E-state index contributed by atoms with van der Waals surface area (Å²) < 4.78 is 0. The molecule has 0 aromatic carbocycles. The number of hydrogen-bond acceptors (Lipinski definition) is 4. The Balaban J connectivity index is 1.28. The fraction of sp³-hybridized carbons (Fsp3) is 0.706. The number of carbonyl (C=O) groups is 1. The molecule has 4 nitrogen and oxygen atoms in total. The molecule has 0 saturated carbocycles. The first-order valence-corrected chi connectivity index (χ1v) is 9.43. The minimum absolute atomic E-state index is 0.263. The van der Waals surface area contributed by atoms with E-state index in [4.69, 9.17) is 0 Å². The summed E-state index contributed by atoms with van der Waals surface area (Å²) in [5.41, 5.74) is 0. The predicted molar refractivity (Wildman–Crippen MR) is 88.8 cm³/mol. The van der Waals surface area contributed by atoms with E-state index in [1.807, 2.05) is 11.3 Å². The Kier molecular flexibility index (Phi) is 4.20. The Morgan fingerprint density at radius 1 is 1.09 bits per heavy atom. The van der Waals surface area contributed by atoms with E-state index in [-0.39, 0.29) is 5.92 Å². The van der Waals surface area contributed by atoms with Crippen LogP contribution in [-0.4, -0.2) is 66.4 Å². The van der Waals surface area contributed by atoms with Gasteiger partial charge in [-0.25, -0.2) is 0 Å². The van der Waals surface area contributed by atoms with Crippen LogP contribution in [0.15, 0.2) is 17.5 Å². The fourth-order valence-electron chi connectivity index (χ4n) is 4.25. The predicted octanol–water partition coefficient (Wildman–Crippen LogP) is 1.73. The minimum Gasteiger partial charge on any atom is -0.341 e. The number of nitrogens with zero attached hydrogens (tertiary/aromatic N) is 3. The summed E-state index contributed by atoms with van der Waals surface area (Å²) in [4.78, 5) is 21.1. The first-order valence-electron chi connectivity index (χ1n) is 8.55. The van der Waals surface area contributed by atoms with Gasteiger partial charge in [0.2, 0.25) is 5.91 Å². The highest BCUT2D eigenvalue weighted by Crippen LogP contribution is 2.33. The molecule has 0 N–H and O–H groups in total. The molecule has 1 amide bonds. The van der Waals surface area contributed by atoms with Crippen LogP contribution in [0.5, 0.6) is 0 Å². The number of fused-ring (bicyclic) bond motifs is 1. The van der Waals surface area contributed by atoms with Crippen LogP contribution in [-0.2, 0) is 11.3 Å². The molecule has 0 aliphatic carbocycles. The maximum absolute atomic E-state index is 12.6. The SMILES string of the molecule is O=C1[C@H]2CN(Cc3cccs3)C[C@H]2CN1CCN1CCCC1.